The SMILES string of the molecule is Cc1sc(NC(=O)C[C@H](C)NC(=O)c2ccccc2)nc1-c1ccc(F)c(F)c1. The van der Waals surface area contributed by atoms with Crippen LogP contribution in [0.15, 0.2) is 48.5 Å². The first kappa shape index (κ1) is 20.6. The van der Waals surface area contributed by atoms with Gasteiger partial charge in [-0.1, -0.05) is 18.2 Å². The maximum atomic E-state index is 13.5. The van der Waals surface area contributed by atoms with Gasteiger partial charge in [0.2, 0.25) is 5.91 Å². The summed E-state index contributed by atoms with van der Waals surface area (Å²) in [5.74, 6) is -2.45. The Kier molecular flexibility index (Phi) is 6.33. The Morgan fingerprint density at radius 2 is 1.83 bits per heavy atom. The molecule has 29 heavy (non-hydrogen) atoms. The van der Waals surface area contributed by atoms with E-state index in [1.165, 1.54) is 17.4 Å². The average molecular weight is 415 g/mol. The first-order valence-electron chi connectivity index (χ1n) is 8.92. The molecule has 0 bridgehead atoms. The van der Waals surface area contributed by atoms with Crippen LogP contribution < -0.4 is 10.6 Å². The molecule has 2 aromatic carbocycles. The van der Waals surface area contributed by atoms with Gasteiger partial charge in [0.15, 0.2) is 16.8 Å². The molecular formula is C21H19F2N3O2S. The molecule has 1 heterocycles. The van der Waals surface area contributed by atoms with E-state index < -0.39 is 11.6 Å². The van der Waals surface area contributed by atoms with E-state index in [2.05, 4.69) is 15.6 Å². The fourth-order valence-corrected chi connectivity index (χ4v) is 3.61. The van der Waals surface area contributed by atoms with Crippen molar-refractivity contribution in [3.63, 3.8) is 0 Å². The number of rotatable bonds is 6. The molecule has 0 spiro atoms. The van der Waals surface area contributed by atoms with E-state index in [-0.39, 0.29) is 24.3 Å². The van der Waals surface area contributed by atoms with Crippen molar-refractivity contribution in [3.8, 4) is 11.3 Å². The number of carbonyl (C=O) groups is 2. The Morgan fingerprint density at radius 1 is 1.10 bits per heavy atom. The van der Waals surface area contributed by atoms with E-state index in [4.69, 9.17) is 0 Å². The summed E-state index contributed by atoms with van der Waals surface area (Å²) in [7, 11) is 0. The zero-order valence-corrected chi connectivity index (χ0v) is 16.6. The topological polar surface area (TPSA) is 71.1 Å². The van der Waals surface area contributed by atoms with Crippen molar-refractivity contribution >= 4 is 28.3 Å². The van der Waals surface area contributed by atoms with Crippen molar-refractivity contribution in [1.29, 1.82) is 0 Å². The van der Waals surface area contributed by atoms with Crippen LogP contribution in [0.2, 0.25) is 0 Å². The Labute approximate surface area is 170 Å². The van der Waals surface area contributed by atoms with Gasteiger partial charge < -0.3 is 10.6 Å². The van der Waals surface area contributed by atoms with Crippen molar-refractivity contribution in [1.82, 2.24) is 10.3 Å². The first-order chi connectivity index (χ1) is 13.8. The quantitative estimate of drug-likeness (QED) is 0.621. The summed E-state index contributed by atoms with van der Waals surface area (Å²) in [6, 6.07) is 11.9. The number of thiazole rings is 1. The summed E-state index contributed by atoms with van der Waals surface area (Å²) in [4.78, 5) is 29.5. The van der Waals surface area contributed by atoms with Crippen LogP contribution in [0.25, 0.3) is 11.3 Å². The van der Waals surface area contributed by atoms with E-state index >= 15 is 0 Å². The van der Waals surface area contributed by atoms with E-state index in [9.17, 15) is 18.4 Å². The maximum absolute atomic E-state index is 13.5. The Morgan fingerprint density at radius 3 is 2.52 bits per heavy atom. The maximum Gasteiger partial charge on any atom is 0.251 e. The second-order valence-corrected chi connectivity index (χ2v) is 7.75. The minimum absolute atomic E-state index is 0.0672. The number of hydrogen-bond donors (Lipinski definition) is 2. The Hall–Kier alpha value is -3.13. The second-order valence-electron chi connectivity index (χ2n) is 6.55. The average Bonchev–Trinajstić information content (AvgIpc) is 3.04. The zero-order valence-electron chi connectivity index (χ0n) is 15.8. The summed E-state index contributed by atoms with van der Waals surface area (Å²) in [6.45, 7) is 3.52. The molecule has 3 rings (SSSR count). The molecule has 0 saturated carbocycles. The number of anilines is 1. The fraction of sp³-hybridized carbons (Fsp3) is 0.190. The van der Waals surface area contributed by atoms with Gasteiger partial charge in [0.05, 0.1) is 5.69 Å². The highest BCUT2D eigenvalue weighted by atomic mass is 32.1. The molecule has 0 radical (unpaired) electrons. The van der Waals surface area contributed by atoms with Gasteiger partial charge in [-0.2, -0.15) is 0 Å². The van der Waals surface area contributed by atoms with Crippen LogP contribution in [0.1, 0.15) is 28.6 Å². The molecule has 0 aliphatic heterocycles. The number of amides is 2. The van der Waals surface area contributed by atoms with E-state index in [1.54, 1.807) is 38.1 Å². The molecule has 1 aromatic heterocycles. The van der Waals surface area contributed by atoms with Gasteiger partial charge in [-0.05, 0) is 44.2 Å². The molecule has 8 heteroatoms. The highest BCUT2D eigenvalue weighted by Crippen LogP contribution is 2.31. The van der Waals surface area contributed by atoms with Gasteiger partial charge in [0.1, 0.15) is 0 Å². The predicted octanol–water partition coefficient (Wildman–Crippen LogP) is 4.54. The molecule has 0 aliphatic carbocycles. The number of aryl methyl sites for hydroxylation is 1. The number of halogens is 2. The normalized spacial score (nSPS) is 11.7. The van der Waals surface area contributed by atoms with Crippen LogP contribution in [-0.4, -0.2) is 22.8 Å². The monoisotopic (exact) mass is 415 g/mol. The highest BCUT2D eigenvalue weighted by Gasteiger charge is 2.16. The van der Waals surface area contributed by atoms with Crippen LogP contribution in [0.3, 0.4) is 0 Å². The van der Waals surface area contributed by atoms with E-state index in [0.29, 0.717) is 22.0 Å². The lowest BCUT2D eigenvalue weighted by molar-refractivity contribution is -0.116. The molecule has 0 aliphatic rings. The largest absolute Gasteiger partial charge is 0.349 e. The van der Waals surface area contributed by atoms with Gasteiger partial charge in [0.25, 0.3) is 5.91 Å². The Balaban J connectivity index is 1.61. The smallest absolute Gasteiger partial charge is 0.251 e. The third-order valence-electron chi connectivity index (χ3n) is 4.14. The van der Waals surface area contributed by atoms with Gasteiger partial charge in [-0.25, -0.2) is 13.8 Å². The van der Waals surface area contributed by atoms with Crippen molar-refractivity contribution in [2.24, 2.45) is 0 Å². The summed E-state index contributed by atoms with van der Waals surface area (Å²) in [5, 5.41) is 5.82. The minimum Gasteiger partial charge on any atom is -0.349 e. The third kappa shape index (κ3) is 5.23. The van der Waals surface area contributed by atoms with Crippen molar-refractivity contribution in [3.05, 3.63) is 70.6 Å². The van der Waals surface area contributed by atoms with E-state index in [1.807, 2.05) is 6.07 Å². The lowest BCUT2D eigenvalue weighted by Crippen LogP contribution is -2.35. The van der Waals surface area contributed by atoms with Crippen LogP contribution in [-0.2, 0) is 4.79 Å². The van der Waals surface area contributed by atoms with Gasteiger partial charge in [-0.15, -0.1) is 11.3 Å². The van der Waals surface area contributed by atoms with Crippen molar-refractivity contribution < 1.29 is 18.4 Å². The van der Waals surface area contributed by atoms with Crippen LogP contribution >= 0.6 is 11.3 Å². The summed E-state index contributed by atoms with van der Waals surface area (Å²) in [5.41, 5.74) is 1.43. The van der Waals surface area contributed by atoms with Gasteiger partial charge in [0, 0.05) is 28.5 Å². The second kappa shape index (κ2) is 8.91. The number of nitrogens with zero attached hydrogens (tertiary/aromatic N) is 1. The number of nitrogens with one attached hydrogen (secondary N) is 2. The molecule has 3 aromatic rings. The molecule has 5 nitrogen and oxygen atoms in total. The third-order valence-corrected chi connectivity index (χ3v) is 5.03. The van der Waals surface area contributed by atoms with Crippen LogP contribution in [0.4, 0.5) is 13.9 Å². The molecule has 2 amide bonds. The predicted molar refractivity (Wildman–Crippen MR) is 109 cm³/mol. The number of hydrogen-bond acceptors (Lipinski definition) is 4. The number of aromatic nitrogens is 1. The Bertz CT molecular complexity index is 1040. The molecule has 1 atom stereocenters. The molecule has 150 valence electrons. The minimum atomic E-state index is -0.955. The van der Waals surface area contributed by atoms with Crippen molar-refractivity contribution in [2.75, 3.05) is 5.32 Å². The summed E-state index contributed by atoms with van der Waals surface area (Å²) in [6.07, 6.45) is 0.0672. The molecule has 0 unspecified atom stereocenters. The van der Waals surface area contributed by atoms with Gasteiger partial charge >= 0.3 is 0 Å². The van der Waals surface area contributed by atoms with Gasteiger partial charge in [-0.3, -0.25) is 9.59 Å². The summed E-state index contributed by atoms with van der Waals surface area (Å²) < 4.78 is 26.6. The zero-order chi connectivity index (χ0) is 21.0. The molecule has 2 N–H and O–H groups in total. The lowest BCUT2D eigenvalue weighted by Gasteiger charge is -2.13. The molecule has 0 fully saturated rings. The van der Waals surface area contributed by atoms with E-state index in [0.717, 1.165) is 17.0 Å². The molecular weight excluding hydrogens is 396 g/mol. The van der Waals surface area contributed by atoms with Crippen LogP contribution in [0.5, 0.6) is 0 Å². The number of carbonyl (C=O) groups excluding carboxylic acids is 2. The van der Waals surface area contributed by atoms with Crippen molar-refractivity contribution in [2.45, 2.75) is 26.3 Å². The standard InChI is InChI=1S/C21H19F2N3O2S/c1-12(24-20(28)14-6-4-3-5-7-14)10-18(27)25-21-26-19(13(2)29-21)15-8-9-16(22)17(23)11-15/h3-9,11-12H,10H2,1-2H3,(H,24,28)(H,25,26,27)/t12-/m0/s1. The highest BCUT2D eigenvalue weighted by molar-refractivity contribution is 7.16. The fourth-order valence-electron chi connectivity index (χ4n) is 2.76. The lowest BCUT2D eigenvalue weighted by atomic mass is 10.1. The number of benzene rings is 2. The van der Waals surface area contributed by atoms with Crippen LogP contribution in [0, 0.1) is 18.6 Å². The summed E-state index contributed by atoms with van der Waals surface area (Å²) >= 11 is 1.24. The molecule has 0 saturated heterocycles. The first-order valence-corrected chi connectivity index (χ1v) is 9.73.